The highest BCUT2D eigenvalue weighted by atomic mass is 31.2. The maximum absolute atomic E-state index is 14.1. The van der Waals surface area contributed by atoms with E-state index in [4.69, 9.17) is 18.5 Å². The van der Waals surface area contributed by atoms with Crippen molar-refractivity contribution in [1.82, 2.24) is 9.55 Å². The average molecular weight is 576 g/mol. The smallest absolute Gasteiger partial charge is 0.380 e. The minimum Gasteiger partial charge on any atom is -0.463 e. The van der Waals surface area contributed by atoms with Crippen LogP contribution in [-0.2, 0) is 23.4 Å². The number of H-pyrrole nitrogens is 1. The third-order valence-corrected chi connectivity index (χ3v) is 8.09. The van der Waals surface area contributed by atoms with Crippen LogP contribution < -0.4 is 15.8 Å². The molecule has 0 bridgehead atoms. The van der Waals surface area contributed by atoms with E-state index in [0.29, 0.717) is 10.8 Å². The number of alkyl halides is 1. The third kappa shape index (κ3) is 6.82. The first-order valence-electron chi connectivity index (χ1n) is 12.1. The standard InChI is InChI=1S/C24H31F2N2O10P/c1-13(2)35-21(31)14(3)11-39(34,38-16-8-6-5-7-9-16)37-15(4)18-19(29)24(33,12-25)22(36-18)28-10-17(26)20(30)27-23(28)32/h5-10,13-15,18-19,22,29,33H,11-12H2,1-4H3,(H,27,30,32)/t14-,15+,18-,19+,22-,24?,39?/m1/s1. The van der Waals surface area contributed by atoms with Crippen LogP contribution in [-0.4, -0.2) is 68.6 Å². The normalized spacial score (nSPS) is 26.1. The molecule has 216 valence electrons. The summed E-state index contributed by atoms with van der Waals surface area (Å²) in [4.78, 5) is 37.7. The molecule has 0 aliphatic carbocycles. The fourth-order valence-corrected chi connectivity index (χ4v) is 6.13. The lowest BCUT2D eigenvalue weighted by molar-refractivity contribution is -0.151. The fourth-order valence-electron chi connectivity index (χ4n) is 4.04. The van der Waals surface area contributed by atoms with Gasteiger partial charge in [-0.05, 0) is 32.9 Å². The lowest BCUT2D eigenvalue weighted by Gasteiger charge is -2.30. The summed E-state index contributed by atoms with van der Waals surface area (Å²) in [6.45, 7) is 4.37. The Bertz CT molecular complexity index is 1320. The van der Waals surface area contributed by atoms with Crippen molar-refractivity contribution < 1.29 is 46.9 Å². The van der Waals surface area contributed by atoms with E-state index in [0.717, 1.165) is 0 Å². The molecule has 2 unspecified atom stereocenters. The summed E-state index contributed by atoms with van der Waals surface area (Å²) in [5.74, 6) is -2.91. The van der Waals surface area contributed by atoms with Gasteiger partial charge < -0.3 is 24.2 Å². The first kappa shape index (κ1) is 30.6. The zero-order valence-corrected chi connectivity index (χ0v) is 22.5. The maximum atomic E-state index is 14.1. The van der Waals surface area contributed by atoms with E-state index in [1.54, 1.807) is 37.0 Å². The number of esters is 1. The first-order valence-corrected chi connectivity index (χ1v) is 13.8. The van der Waals surface area contributed by atoms with Crippen LogP contribution in [0.3, 0.4) is 0 Å². The largest absolute Gasteiger partial charge is 0.463 e. The number of aromatic amines is 1. The van der Waals surface area contributed by atoms with Crippen LogP contribution >= 0.6 is 7.60 Å². The number of hydrogen-bond donors (Lipinski definition) is 3. The van der Waals surface area contributed by atoms with Gasteiger partial charge >= 0.3 is 19.3 Å². The predicted octanol–water partition coefficient (Wildman–Crippen LogP) is 1.90. The molecular weight excluding hydrogens is 545 g/mol. The Morgan fingerprint density at radius 3 is 2.46 bits per heavy atom. The Labute approximate surface area is 222 Å². The van der Waals surface area contributed by atoms with Gasteiger partial charge in [0.2, 0.25) is 5.82 Å². The Hall–Kier alpha value is -2.90. The lowest BCUT2D eigenvalue weighted by atomic mass is 9.93. The number of halogens is 2. The molecule has 3 rings (SSSR count). The number of para-hydroxylation sites is 1. The van der Waals surface area contributed by atoms with E-state index in [1.807, 2.05) is 0 Å². The van der Waals surface area contributed by atoms with E-state index >= 15 is 0 Å². The van der Waals surface area contributed by atoms with Gasteiger partial charge in [0.05, 0.1) is 30.5 Å². The van der Waals surface area contributed by atoms with Crippen LogP contribution in [0.1, 0.15) is 33.9 Å². The molecule has 1 aliphatic rings. The summed E-state index contributed by atoms with van der Waals surface area (Å²) < 4.78 is 64.3. The molecule has 1 aromatic heterocycles. The van der Waals surface area contributed by atoms with E-state index in [-0.39, 0.29) is 5.75 Å². The highest BCUT2D eigenvalue weighted by Crippen LogP contribution is 2.53. The maximum Gasteiger partial charge on any atom is 0.380 e. The molecule has 0 saturated carbocycles. The molecule has 1 fully saturated rings. The fraction of sp³-hybridized carbons (Fsp3) is 0.542. The molecule has 0 spiro atoms. The van der Waals surface area contributed by atoms with Crippen LogP contribution in [0.4, 0.5) is 8.78 Å². The van der Waals surface area contributed by atoms with Crippen molar-refractivity contribution in [2.24, 2.45) is 5.92 Å². The molecule has 1 saturated heterocycles. The van der Waals surface area contributed by atoms with Crippen molar-refractivity contribution in [3.8, 4) is 5.75 Å². The summed E-state index contributed by atoms with van der Waals surface area (Å²) >= 11 is 0. The monoisotopic (exact) mass is 576 g/mol. The second-order valence-corrected chi connectivity index (χ2v) is 11.5. The van der Waals surface area contributed by atoms with Gasteiger partial charge in [0.25, 0.3) is 5.56 Å². The van der Waals surface area contributed by atoms with Gasteiger partial charge in [-0.25, -0.2) is 13.8 Å². The number of aliphatic hydroxyl groups excluding tert-OH is 1. The van der Waals surface area contributed by atoms with Gasteiger partial charge in [-0.1, -0.05) is 25.1 Å². The van der Waals surface area contributed by atoms with Crippen LogP contribution in [0.2, 0.25) is 0 Å². The zero-order valence-electron chi connectivity index (χ0n) is 21.7. The minimum atomic E-state index is -4.24. The summed E-state index contributed by atoms with van der Waals surface area (Å²) in [6.07, 6.45) is -7.58. The van der Waals surface area contributed by atoms with Gasteiger partial charge in [0.1, 0.15) is 24.6 Å². The van der Waals surface area contributed by atoms with Crippen LogP contribution in [0, 0.1) is 11.7 Å². The van der Waals surface area contributed by atoms with E-state index in [2.05, 4.69) is 0 Å². The zero-order chi connectivity index (χ0) is 29.1. The Kier molecular flexibility index (Phi) is 9.50. The Morgan fingerprint density at radius 2 is 1.87 bits per heavy atom. The summed E-state index contributed by atoms with van der Waals surface area (Å²) in [7, 11) is -4.24. The number of benzene rings is 1. The molecule has 12 nitrogen and oxygen atoms in total. The number of carbonyl (C=O) groups is 1. The number of carbonyl (C=O) groups excluding carboxylic acids is 1. The van der Waals surface area contributed by atoms with Crippen molar-refractivity contribution in [1.29, 1.82) is 0 Å². The van der Waals surface area contributed by atoms with Crippen LogP contribution in [0.5, 0.6) is 5.75 Å². The second kappa shape index (κ2) is 12.1. The first-order chi connectivity index (χ1) is 18.2. The van der Waals surface area contributed by atoms with Crippen LogP contribution in [0.15, 0.2) is 46.1 Å². The summed E-state index contributed by atoms with van der Waals surface area (Å²) in [6, 6.07) is 7.89. The molecular formula is C24H31F2N2O10P. The highest BCUT2D eigenvalue weighted by molar-refractivity contribution is 7.54. The van der Waals surface area contributed by atoms with E-state index in [1.165, 1.54) is 26.0 Å². The molecule has 2 aromatic rings. The molecule has 1 aliphatic heterocycles. The Balaban J connectivity index is 1.91. The second-order valence-electron chi connectivity index (χ2n) is 9.56. The number of rotatable bonds is 11. The lowest BCUT2D eigenvalue weighted by Crippen LogP contribution is -2.52. The summed E-state index contributed by atoms with van der Waals surface area (Å²) in [5, 5.41) is 21.7. The van der Waals surface area contributed by atoms with E-state index < -0.39 is 85.6 Å². The minimum absolute atomic E-state index is 0.138. The molecule has 2 heterocycles. The molecule has 7 atom stereocenters. The number of ether oxygens (including phenoxy) is 2. The predicted molar refractivity (Wildman–Crippen MR) is 133 cm³/mol. The molecule has 39 heavy (non-hydrogen) atoms. The number of aromatic nitrogens is 2. The number of nitrogens with one attached hydrogen (secondary N) is 1. The van der Waals surface area contributed by atoms with E-state index in [9.17, 15) is 37.9 Å². The SMILES string of the molecule is CC(C)OC(=O)[C@H](C)CP(=O)(Oc1ccccc1)O[C@@H](C)[C@H]1O[C@@H](n2cc(F)c(=O)[nH]c2=O)C(O)(CF)[C@H]1O. The highest BCUT2D eigenvalue weighted by Gasteiger charge is 2.59. The van der Waals surface area contributed by atoms with Gasteiger partial charge in [-0.3, -0.25) is 23.7 Å². The molecule has 1 aromatic carbocycles. The molecule has 0 amide bonds. The quantitative estimate of drug-likeness (QED) is 0.266. The molecule has 0 radical (unpaired) electrons. The van der Waals surface area contributed by atoms with Crippen molar-refractivity contribution in [2.75, 3.05) is 12.8 Å². The van der Waals surface area contributed by atoms with Crippen molar-refractivity contribution in [2.45, 2.75) is 63.9 Å². The van der Waals surface area contributed by atoms with Crippen molar-refractivity contribution in [3.05, 3.63) is 63.2 Å². The molecule has 3 N–H and O–H groups in total. The van der Waals surface area contributed by atoms with Crippen molar-refractivity contribution in [3.63, 3.8) is 0 Å². The van der Waals surface area contributed by atoms with Crippen LogP contribution in [0.25, 0.3) is 0 Å². The average Bonchev–Trinajstić information content (AvgIpc) is 3.12. The number of aliphatic hydroxyl groups is 2. The Morgan fingerprint density at radius 1 is 1.23 bits per heavy atom. The van der Waals surface area contributed by atoms with Crippen molar-refractivity contribution >= 4 is 13.6 Å². The number of hydrogen-bond acceptors (Lipinski definition) is 10. The third-order valence-electron chi connectivity index (χ3n) is 5.96. The van der Waals surface area contributed by atoms with Gasteiger partial charge in [-0.15, -0.1) is 0 Å². The topological polar surface area (TPSA) is 166 Å². The van der Waals surface area contributed by atoms with Gasteiger partial charge in [0, 0.05) is 0 Å². The number of nitrogens with zero attached hydrogens (tertiary/aromatic N) is 1. The van der Waals surface area contributed by atoms with Gasteiger partial charge in [0.15, 0.2) is 11.8 Å². The molecule has 15 heteroatoms. The van der Waals surface area contributed by atoms with Gasteiger partial charge in [-0.2, -0.15) is 4.39 Å². The summed E-state index contributed by atoms with van der Waals surface area (Å²) in [5.41, 5.74) is -5.37.